The molecule has 6 heteroatoms. The highest BCUT2D eigenvalue weighted by atomic mass is 15.4. The molecule has 0 saturated carbocycles. The molecular weight excluding hydrogens is 348 g/mol. The summed E-state index contributed by atoms with van der Waals surface area (Å²) in [5, 5.41) is 12.3. The SMILES string of the molecule is CCC(CCN(C)c1nnc(C)n1-c1ccc(C)cc1)Nc1ccccc1N. The normalized spacial score (nSPS) is 12.0. The van der Waals surface area contributed by atoms with Gasteiger partial charge in [-0.05, 0) is 51.0 Å². The van der Waals surface area contributed by atoms with Crippen molar-refractivity contribution >= 4 is 17.3 Å². The lowest BCUT2D eigenvalue weighted by Gasteiger charge is -2.24. The minimum Gasteiger partial charge on any atom is -0.397 e. The fraction of sp³-hybridized carbons (Fsp3) is 0.364. The number of hydrogen-bond donors (Lipinski definition) is 2. The van der Waals surface area contributed by atoms with Crippen LogP contribution in [0.2, 0.25) is 0 Å². The standard InChI is InChI=1S/C22H30N6/c1-5-18(24-21-9-7-6-8-20(21)23)14-15-27(4)22-26-25-17(3)28(22)19-12-10-16(2)11-13-19/h6-13,18,24H,5,14-15,23H2,1-4H3. The smallest absolute Gasteiger partial charge is 0.231 e. The van der Waals surface area contributed by atoms with E-state index < -0.39 is 0 Å². The molecule has 1 heterocycles. The zero-order chi connectivity index (χ0) is 20.1. The predicted octanol–water partition coefficient (Wildman–Crippen LogP) is 4.18. The van der Waals surface area contributed by atoms with Crippen LogP contribution >= 0.6 is 0 Å². The second-order valence-corrected chi connectivity index (χ2v) is 7.27. The van der Waals surface area contributed by atoms with Crippen molar-refractivity contribution in [3.63, 3.8) is 0 Å². The Labute approximate surface area is 167 Å². The van der Waals surface area contributed by atoms with Gasteiger partial charge in [0.1, 0.15) is 5.82 Å². The third kappa shape index (κ3) is 4.44. The predicted molar refractivity (Wildman–Crippen MR) is 117 cm³/mol. The van der Waals surface area contributed by atoms with Gasteiger partial charge in [0.05, 0.1) is 17.1 Å². The molecule has 0 saturated heterocycles. The van der Waals surface area contributed by atoms with Crippen molar-refractivity contribution in [2.75, 3.05) is 29.5 Å². The van der Waals surface area contributed by atoms with Crippen LogP contribution in [0.5, 0.6) is 0 Å². The summed E-state index contributed by atoms with van der Waals surface area (Å²) in [5.41, 5.74) is 10.2. The van der Waals surface area contributed by atoms with E-state index >= 15 is 0 Å². The summed E-state index contributed by atoms with van der Waals surface area (Å²) in [6.45, 7) is 7.13. The van der Waals surface area contributed by atoms with Crippen molar-refractivity contribution in [2.45, 2.75) is 39.7 Å². The van der Waals surface area contributed by atoms with Crippen LogP contribution in [0.1, 0.15) is 31.2 Å². The van der Waals surface area contributed by atoms with Crippen LogP contribution in [0.15, 0.2) is 48.5 Å². The summed E-state index contributed by atoms with van der Waals surface area (Å²) in [6, 6.07) is 16.7. The number of benzene rings is 2. The van der Waals surface area contributed by atoms with Gasteiger partial charge in [-0.15, -0.1) is 10.2 Å². The first kappa shape index (κ1) is 19.7. The van der Waals surface area contributed by atoms with Crippen LogP contribution in [-0.4, -0.2) is 34.4 Å². The average molecular weight is 379 g/mol. The zero-order valence-electron chi connectivity index (χ0n) is 17.2. The Hall–Kier alpha value is -3.02. The number of nitrogen functional groups attached to an aromatic ring is 1. The van der Waals surface area contributed by atoms with Gasteiger partial charge in [0, 0.05) is 19.6 Å². The van der Waals surface area contributed by atoms with Gasteiger partial charge in [0.25, 0.3) is 0 Å². The molecule has 0 aliphatic rings. The van der Waals surface area contributed by atoms with E-state index in [1.165, 1.54) is 5.56 Å². The Kier molecular flexibility index (Phi) is 6.19. The van der Waals surface area contributed by atoms with Crippen molar-refractivity contribution in [2.24, 2.45) is 0 Å². The molecule has 1 atom stereocenters. The Bertz CT molecular complexity index is 900. The number of para-hydroxylation sites is 2. The number of anilines is 3. The zero-order valence-corrected chi connectivity index (χ0v) is 17.2. The van der Waals surface area contributed by atoms with Crippen molar-refractivity contribution in [1.29, 1.82) is 0 Å². The molecule has 3 N–H and O–H groups in total. The Morgan fingerprint density at radius 1 is 1.07 bits per heavy atom. The minimum absolute atomic E-state index is 0.337. The first-order chi connectivity index (χ1) is 13.5. The average Bonchev–Trinajstić information content (AvgIpc) is 3.08. The van der Waals surface area contributed by atoms with Gasteiger partial charge in [-0.2, -0.15) is 0 Å². The molecule has 0 aliphatic heterocycles. The second-order valence-electron chi connectivity index (χ2n) is 7.27. The van der Waals surface area contributed by atoms with E-state index in [4.69, 9.17) is 5.73 Å². The fourth-order valence-corrected chi connectivity index (χ4v) is 3.27. The van der Waals surface area contributed by atoms with E-state index in [2.05, 4.69) is 70.1 Å². The number of nitrogens with two attached hydrogens (primary N) is 1. The molecule has 1 unspecified atom stereocenters. The molecule has 6 nitrogen and oxygen atoms in total. The van der Waals surface area contributed by atoms with Gasteiger partial charge in [-0.3, -0.25) is 4.57 Å². The van der Waals surface area contributed by atoms with Crippen molar-refractivity contribution < 1.29 is 0 Å². The van der Waals surface area contributed by atoms with Gasteiger partial charge < -0.3 is 16.0 Å². The lowest BCUT2D eigenvalue weighted by atomic mass is 10.1. The Morgan fingerprint density at radius 2 is 1.79 bits per heavy atom. The Morgan fingerprint density at radius 3 is 2.46 bits per heavy atom. The highest BCUT2D eigenvalue weighted by Crippen LogP contribution is 2.22. The summed E-state index contributed by atoms with van der Waals surface area (Å²) in [4.78, 5) is 2.17. The summed E-state index contributed by atoms with van der Waals surface area (Å²) >= 11 is 0. The Balaban J connectivity index is 1.70. The van der Waals surface area contributed by atoms with Gasteiger partial charge in [-0.1, -0.05) is 36.8 Å². The number of nitrogens with zero attached hydrogens (tertiary/aromatic N) is 4. The molecule has 0 aliphatic carbocycles. The highest BCUT2D eigenvalue weighted by molar-refractivity contribution is 5.66. The molecule has 0 fully saturated rings. The van der Waals surface area contributed by atoms with E-state index in [1.54, 1.807) is 0 Å². The van der Waals surface area contributed by atoms with Crippen LogP contribution in [0, 0.1) is 13.8 Å². The molecule has 3 aromatic rings. The van der Waals surface area contributed by atoms with Crippen molar-refractivity contribution in [1.82, 2.24) is 14.8 Å². The molecule has 0 spiro atoms. The second kappa shape index (κ2) is 8.78. The van der Waals surface area contributed by atoms with Crippen LogP contribution in [-0.2, 0) is 0 Å². The molecule has 148 valence electrons. The monoisotopic (exact) mass is 378 g/mol. The lowest BCUT2D eigenvalue weighted by Crippen LogP contribution is -2.29. The molecule has 2 aromatic carbocycles. The van der Waals surface area contributed by atoms with E-state index in [9.17, 15) is 0 Å². The van der Waals surface area contributed by atoms with Crippen LogP contribution in [0.3, 0.4) is 0 Å². The van der Waals surface area contributed by atoms with E-state index in [-0.39, 0.29) is 0 Å². The topological polar surface area (TPSA) is 72.0 Å². The van der Waals surface area contributed by atoms with Gasteiger partial charge in [0.2, 0.25) is 5.95 Å². The number of hydrogen-bond acceptors (Lipinski definition) is 5. The van der Waals surface area contributed by atoms with Crippen molar-refractivity contribution in [3.05, 3.63) is 59.9 Å². The first-order valence-electron chi connectivity index (χ1n) is 9.80. The van der Waals surface area contributed by atoms with Gasteiger partial charge >= 0.3 is 0 Å². The summed E-state index contributed by atoms with van der Waals surface area (Å²) in [7, 11) is 2.07. The van der Waals surface area contributed by atoms with Gasteiger partial charge in [0.15, 0.2) is 0 Å². The molecule has 0 bridgehead atoms. The van der Waals surface area contributed by atoms with Gasteiger partial charge in [-0.25, -0.2) is 0 Å². The molecule has 28 heavy (non-hydrogen) atoms. The number of rotatable bonds is 8. The maximum Gasteiger partial charge on any atom is 0.231 e. The van der Waals surface area contributed by atoms with Crippen LogP contribution in [0.4, 0.5) is 17.3 Å². The summed E-state index contributed by atoms with van der Waals surface area (Å²) < 4.78 is 2.10. The van der Waals surface area contributed by atoms with E-state index in [1.807, 2.05) is 31.2 Å². The van der Waals surface area contributed by atoms with Crippen LogP contribution < -0.4 is 16.0 Å². The molecule has 0 amide bonds. The maximum absolute atomic E-state index is 6.07. The highest BCUT2D eigenvalue weighted by Gasteiger charge is 2.16. The van der Waals surface area contributed by atoms with Crippen LogP contribution in [0.25, 0.3) is 5.69 Å². The number of aryl methyl sites for hydroxylation is 2. The van der Waals surface area contributed by atoms with E-state index in [0.29, 0.717) is 6.04 Å². The third-order valence-corrected chi connectivity index (χ3v) is 5.07. The maximum atomic E-state index is 6.07. The molecular formula is C22H30N6. The lowest BCUT2D eigenvalue weighted by molar-refractivity contribution is 0.623. The third-order valence-electron chi connectivity index (χ3n) is 5.07. The largest absolute Gasteiger partial charge is 0.397 e. The quantitative estimate of drug-likeness (QED) is 0.575. The number of nitrogens with one attached hydrogen (secondary N) is 1. The molecule has 0 radical (unpaired) electrons. The first-order valence-corrected chi connectivity index (χ1v) is 9.80. The number of aromatic nitrogens is 3. The summed E-state index contributed by atoms with van der Waals surface area (Å²) in [6.07, 6.45) is 1.99. The van der Waals surface area contributed by atoms with E-state index in [0.717, 1.165) is 48.2 Å². The minimum atomic E-state index is 0.337. The summed E-state index contributed by atoms with van der Waals surface area (Å²) in [5.74, 6) is 1.74. The molecule has 1 aromatic heterocycles. The fourth-order valence-electron chi connectivity index (χ4n) is 3.27. The molecule has 3 rings (SSSR count). The van der Waals surface area contributed by atoms with Crippen molar-refractivity contribution in [3.8, 4) is 5.69 Å².